The molecule has 1 aliphatic heterocycles. The van der Waals surface area contributed by atoms with Crippen molar-refractivity contribution in [1.29, 1.82) is 0 Å². The van der Waals surface area contributed by atoms with Crippen LogP contribution in [0.15, 0.2) is 0 Å². The Hall–Kier alpha value is -0.530. The summed E-state index contributed by atoms with van der Waals surface area (Å²) in [6, 6.07) is 0. The Morgan fingerprint density at radius 2 is 2.20 bits per heavy atom. The van der Waals surface area contributed by atoms with Crippen molar-refractivity contribution in [1.82, 2.24) is 0 Å². The van der Waals surface area contributed by atoms with Gasteiger partial charge < -0.3 is 4.74 Å². The van der Waals surface area contributed by atoms with Gasteiger partial charge in [-0.3, -0.25) is 4.79 Å². The highest BCUT2D eigenvalue weighted by molar-refractivity contribution is 5.76. The maximum absolute atomic E-state index is 11.1. The van der Waals surface area contributed by atoms with Crippen molar-refractivity contribution in [2.75, 3.05) is 0 Å². The number of ether oxygens (including phenoxy) is 1. The Morgan fingerprint density at radius 1 is 1.30 bits per heavy atom. The molecule has 0 radical (unpaired) electrons. The zero-order valence-electron chi connectivity index (χ0n) is 5.75. The summed E-state index contributed by atoms with van der Waals surface area (Å²) in [6.45, 7) is 0. The maximum atomic E-state index is 11.1. The largest absolute Gasteiger partial charge is 0.462 e. The molecule has 0 N–H and O–H groups in total. The number of esters is 1. The molecular weight excluding hydrogens is 128 g/mol. The predicted molar refractivity (Wildman–Crippen MR) is 34.2 cm³/mol. The topological polar surface area (TPSA) is 26.3 Å². The summed E-state index contributed by atoms with van der Waals surface area (Å²) >= 11 is 0. The number of rotatable bonds is 0. The van der Waals surface area contributed by atoms with Crippen LogP contribution in [0.3, 0.4) is 0 Å². The summed E-state index contributed by atoms with van der Waals surface area (Å²) in [5, 5.41) is 0. The zero-order valence-corrected chi connectivity index (χ0v) is 5.75. The molecule has 2 heteroatoms. The van der Waals surface area contributed by atoms with Crippen molar-refractivity contribution < 1.29 is 9.53 Å². The van der Waals surface area contributed by atoms with Gasteiger partial charge in [-0.1, -0.05) is 0 Å². The Balaban J connectivity index is 2.05. The molecule has 3 rings (SSSR count). The third-order valence-corrected chi connectivity index (χ3v) is 3.32. The van der Waals surface area contributed by atoms with Crippen LogP contribution < -0.4 is 0 Å². The van der Waals surface area contributed by atoms with Gasteiger partial charge in [0.2, 0.25) is 0 Å². The molecule has 2 saturated carbocycles. The molecule has 0 amide bonds. The average Bonchev–Trinajstić information content (AvgIpc) is 2.44. The summed E-state index contributed by atoms with van der Waals surface area (Å²) in [4.78, 5) is 11.1. The van der Waals surface area contributed by atoms with Crippen LogP contribution in [0.25, 0.3) is 0 Å². The molecule has 2 aliphatic carbocycles. The van der Waals surface area contributed by atoms with E-state index in [0.717, 1.165) is 18.8 Å². The van der Waals surface area contributed by atoms with Crippen molar-refractivity contribution in [3.63, 3.8) is 0 Å². The van der Waals surface area contributed by atoms with E-state index in [1.54, 1.807) is 0 Å². The minimum absolute atomic E-state index is 0.0926. The molecule has 3 aliphatic rings. The van der Waals surface area contributed by atoms with E-state index < -0.39 is 0 Å². The smallest absolute Gasteiger partial charge is 0.309 e. The average molecular weight is 138 g/mol. The molecule has 54 valence electrons. The Bertz CT molecular complexity index is 197. The van der Waals surface area contributed by atoms with Gasteiger partial charge in [-0.25, -0.2) is 0 Å². The Kier molecular flexibility index (Phi) is 0.715. The van der Waals surface area contributed by atoms with Gasteiger partial charge in [-0.05, 0) is 25.2 Å². The molecule has 1 heterocycles. The van der Waals surface area contributed by atoms with Gasteiger partial charge in [-0.2, -0.15) is 0 Å². The number of hydrogen-bond acceptors (Lipinski definition) is 2. The lowest BCUT2D eigenvalue weighted by Gasteiger charge is -2.11. The summed E-state index contributed by atoms with van der Waals surface area (Å²) in [6.07, 6.45) is 3.88. The highest BCUT2D eigenvalue weighted by Crippen LogP contribution is 2.54. The van der Waals surface area contributed by atoms with Crippen LogP contribution in [-0.2, 0) is 9.53 Å². The lowest BCUT2D eigenvalue weighted by atomic mass is 9.90. The zero-order chi connectivity index (χ0) is 6.72. The molecule has 2 nitrogen and oxygen atoms in total. The van der Waals surface area contributed by atoms with Gasteiger partial charge in [0.05, 0.1) is 5.92 Å². The monoisotopic (exact) mass is 138 g/mol. The van der Waals surface area contributed by atoms with Gasteiger partial charge in [-0.15, -0.1) is 0 Å². The third-order valence-electron chi connectivity index (χ3n) is 3.32. The van der Waals surface area contributed by atoms with E-state index in [0.29, 0.717) is 17.9 Å². The van der Waals surface area contributed by atoms with Crippen molar-refractivity contribution in [2.45, 2.75) is 25.4 Å². The first-order valence-electron chi connectivity index (χ1n) is 4.05. The van der Waals surface area contributed by atoms with Crippen LogP contribution in [0.5, 0.6) is 0 Å². The Morgan fingerprint density at radius 3 is 2.80 bits per heavy atom. The first-order valence-corrected chi connectivity index (χ1v) is 4.05. The van der Waals surface area contributed by atoms with E-state index in [9.17, 15) is 4.79 Å². The van der Waals surface area contributed by atoms with Crippen molar-refractivity contribution >= 4 is 5.97 Å². The lowest BCUT2D eigenvalue weighted by molar-refractivity contribution is -0.143. The molecule has 0 aromatic carbocycles. The fourth-order valence-corrected chi connectivity index (χ4v) is 2.93. The van der Waals surface area contributed by atoms with E-state index in [-0.39, 0.29) is 5.97 Å². The maximum Gasteiger partial charge on any atom is 0.309 e. The minimum Gasteiger partial charge on any atom is -0.462 e. The van der Waals surface area contributed by atoms with Gasteiger partial charge >= 0.3 is 5.97 Å². The first-order chi connectivity index (χ1) is 4.84. The summed E-state index contributed by atoms with van der Waals surface area (Å²) in [5.74, 6) is 1.85. The van der Waals surface area contributed by atoms with E-state index in [4.69, 9.17) is 4.74 Å². The van der Waals surface area contributed by atoms with E-state index in [1.807, 2.05) is 0 Å². The number of hydrogen-bond donors (Lipinski definition) is 0. The standard InChI is InChI=1S/C8H10O2/c9-8-6-2-4-1-5(6)7(3-4)10-8/h4-7H,1-3H2. The van der Waals surface area contributed by atoms with Gasteiger partial charge in [0.15, 0.2) is 0 Å². The first kappa shape index (κ1) is 5.16. The molecule has 1 saturated heterocycles. The number of fused-ring (bicyclic) bond motifs is 1. The summed E-state index contributed by atoms with van der Waals surface area (Å²) in [7, 11) is 0. The number of carbonyl (C=O) groups excluding carboxylic acids is 1. The van der Waals surface area contributed by atoms with E-state index >= 15 is 0 Å². The van der Waals surface area contributed by atoms with Crippen LogP contribution in [0, 0.1) is 17.8 Å². The van der Waals surface area contributed by atoms with Crippen molar-refractivity contribution in [2.24, 2.45) is 17.8 Å². The van der Waals surface area contributed by atoms with Crippen LogP contribution in [-0.4, -0.2) is 12.1 Å². The van der Waals surface area contributed by atoms with Crippen LogP contribution >= 0.6 is 0 Å². The molecule has 4 unspecified atom stereocenters. The van der Waals surface area contributed by atoms with Crippen LogP contribution in [0.1, 0.15) is 19.3 Å². The number of carbonyl (C=O) groups is 1. The normalized spacial score (nSPS) is 55.8. The molecule has 3 fully saturated rings. The van der Waals surface area contributed by atoms with Crippen LogP contribution in [0.2, 0.25) is 0 Å². The summed E-state index contributed by atoms with van der Waals surface area (Å²) in [5.41, 5.74) is 0. The van der Waals surface area contributed by atoms with Gasteiger partial charge in [0.1, 0.15) is 6.10 Å². The molecule has 10 heavy (non-hydrogen) atoms. The summed E-state index contributed by atoms with van der Waals surface area (Å²) < 4.78 is 5.20. The quantitative estimate of drug-likeness (QED) is 0.466. The molecular formula is C8H10O2. The molecule has 0 aromatic heterocycles. The molecule has 4 atom stereocenters. The fraction of sp³-hybridized carbons (Fsp3) is 0.875. The Labute approximate surface area is 59.6 Å². The van der Waals surface area contributed by atoms with E-state index in [1.165, 1.54) is 6.42 Å². The molecule has 0 spiro atoms. The van der Waals surface area contributed by atoms with E-state index in [2.05, 4.69) is 0 Å². The third kappa shape index (κ3) is 0.414. The minimum atomic E-state index is 0.0926. The predicted octanol–water partition coefficient (Wildman–Crippen LogP) is 0.958. The second-order valence-electron chi connectivity index (χ2n) is 3.82. The second kappa shape index (κ2) is 1.39. The van der Waals surface area contributed by atoms with Crippen LogP contribution in [0.4, 0.5) is 0 Å². The van der Waals surface area contributed by atoms with Crippen molar-refractivity contribution in [3.8, 4) is 0 Å². The molecule has 2 bridgehead atoms. The highest BCUT2D eigenvalue weighted by atomic mass is 16.6. The highest BCUT2D eigenvalue weighted by Gasteiger charge is 2.56. The van der Waals surface area contributed by atoms with Gasteiger partial charge in [0, 0.05) is 5.92 Å². The lowest BCUT2D eigenvalue weighted by Crippen LogP contribution is -2.15. The second-order valence-corrected chi connectivity index (χ2v) is 3.82. The van der Waals surface area contributed by atoms with Gasteiger partial charge in [0.25, 0.3) is 0 Å². The van der Waals surface area contributed by atoms with Crippen molar-refractivity contribution in [3.05, 3.63) is 0 Å². The SMILES string of the molecule is O=C1OC2CC3CC1C2C3. The molecule has 0 aromatic rings. The fourth-order valence-electron chi connectivity index (χ4n) is 2.93.